The molecule has 0 spiro atoms. The van der Waals surface area contributed by atoms with E-state index < -0.39 is 48.6 Å². The number of aromatic nitrogens is 2. The minimum atomic E-state index is -1.32. The molecule has 2 aromatic carbocycles. The summed E-state index contributed by atoms with van der Waals surface area (Å²) in [6.45, 7) is -0.636. The number of nitrogens with zero attached hydrogens (tertiary/aromatic N) is 3. The molecule has 0 saturated heterocycles. The van der Waals surface area contributed by atoms with Crippen molar-refractivity contribution in [3.05, 3.63) is 88.8 Å². The third kappa shape index (κ3) is 6.31. The molecule has 1 aromatic heterocycles. The molecule has 3 aromatic rings. The molecule has 1 aliphatic rings. The SMILES string of the molecule is O=C(Nc1ccn(C[C@@H](O)CO)n1)[C@H](Cc1c(F)cccc1F)N1CC(Oc2ccccc2Cl)=CC1=O. The highest BCUT2D eigenvalue weighted by Crippen LogP contribution is 2.28. The summed E-state index contributed by atoms with van der Waals surface area (Å²) in [5.74, 6) is -2.44. The van der Waals surface area contributed by atoms with Crippen molar-refractivity contribution in [2.24, 2.45) is 0 Å². The fourth-order valence-electron chi connectivity index (χ4n) is 3.78. The van der Waals surface area contributed by atoms with Gasteiger partial charge < -0.3 is 25.2 Å². The first kappa shape index (κ1) is 26.3. The second kappa shape index (κ2) is 11.5. The second-order valence-corrected chi connectivity index (χ2v) is 8.69. The molecular formula is C25H23ClF2N4O5. The number of anilines is 1. The van der Waals surface area contributed by atoms with Gasteiger partial charge in [-0.25, -0.2) is 8.78 Å². The van der Waals surface area contributed by atoms with Crippen LogP contribution >= 0.6 is 11.6 Å². The van der Waals surface area contributed by atoms with Crippen molar-refractivity contribution >= 4 is 29.2 Å². The third-order valence-electron chi connectivity index (χ3n) is 5.61. The number of aliphatic hydroxyl groups excluding tert-OH is 2. The van der Waals surface area contributed by atoms with Gasteiger partial charge in [0.2, 0.25) is 5.91 Å². The van der Waals surface area contributed by atoms with Gasteiger partial charge >= 0.3 is 0 Å². The molecule has 0 fully saturated rings. The zero-order valence-electron chi connectivity index (χ0n) is 19.4. The van der Waals surface area contributed by atoms with E-state index >= 15 is 0 Å². The van der Waals surface area contributed by atoms with Crippen LogP contribution in [0.4, 0.5) is 14.6 Å². The predicted octanol–water partition coefficient (Wildman–Crippen LogP) is 2.52. The topological polar surface area (TPSA) is 117 Å². The fourth-order valence-corrected chi connectivity index (χ4v) is 3.96. The van der Waals surface area contributed by atoms with Crippen molar-refractivity contribution in [2.75, 3.05) is 18.5 Å². The molecule has 0 saturated carbocycles. The van der Waals surface area contributed by atoms with Crippen LogP contribution in [-0.4, -0.2) is 62.0 Å². The van der Waals surface area contributed by atoms with Crippen LogP contribution in [0, 0.1) is 11.6 Å². The molecule has 0 bridgehead atoms. The van der Waals surface area contributed by atoms with Gasteiger partial charge in [-0.1, -0.05) is 29.8 Å². The van der Waals surface area contributed by atoms with Crippen LogP contribution in [0.15, 0.2) is 66.6 Å². The summed E-state index contributed by atoms with van der Waals surface area (Å²) < 4.78 is 36.0. The maximum atomic E-state index is 14.5. The molecular weight excluding hydrogens is 510 g/mol. The van der Waals surface area contributed by atoms with E-state index in [0.29, 0.717) is 10.8 Å². The van der Waals surface area contributed by atoms with Crippen molar-refractivity contribution in [1.29, 1.82) is 0 Å². The summed E-state index contributed by atoms with van der Waals surface area (Å²) in [4.78, 5) is 27.3. The molecule has 3 N–H and O–H groups in total. The second-order valence-electron chi connectivity index (χ2n) is 8.28. The molecule has 9 nitrogen and oxygen atoms in total. The maximum absolute atomic E-state index is 14.5. The highest BCUT2D eigenvalue weighted by molar-refractivity contribution is 6.32. The normalized spacial score (nSPS) is 14.9. The molecule has 0 aliphatic carbocycles. The number of benzene rings is 2. The Kier molecular flexibility index (Phi) is 8.17. The van der Waals surface area contributed by atoms with Crippen LogP contribution in [0.25, 0.3) is 0 Å². The van der Waals surface area contributed by atoms with E-state index in [0.717, 1.165) is 17.0 Å². The minimum Gasteiger partial charge on any atom is -0.458 e. The lowest BCUT2D eigenvalue weighted by Crippen LogP contribution is -2.47. The van der Waals surface area contributed by atoms with E-state index in [1.165, 1.54) is 29.1 Å². The molecule has 0 unspecified atom stereocenters. The van der Waals surface area contributed by atoms with Crippen LogP contribution in [0.3, 0.4) is 0 Å². The van der Waals surface area contributed by atoms with Crippen LogP contribution < -0.4 is 10.1 Å². The number of aliphatic hydroxyl groups is 2. The summed E-state index contributed by atoms with van der Waals surface area (Å²) in [6.07, 6.45) is 1.16. The van der Waals surface area contributed by atoms with Crippen molar-refractivity contribution in [2.45, 2.75) is 25.1 Å². The Balaban J connectivity index is 1.56. The quantitative estimate of drug-likeness (QED) is 0.369. The lowest BCUT2D eigenvalue weighted by Gasteiger charge is -2.27. The standard InChI is InChI=1S/C25H23ClF2N4O5/c26-18-4-1-2-7-22(18)37-16-10-24(35)32(13-16)21(11-17-19(27)5-3-6-20(17)28)25(36)29-23-8-9-31(30-23)12-15(34)14-33/h1-10,15,21,33-34H,11-14H2,(H,29,30,36)/t15-,21+/m1/s1. The van der Waals surface area contributed by atoms with Gasteiger partial charge in [0.1, 0.15) is 29.2 Å². The zero-order valence-corrected chi connectivity index (χ0v) is 20.1. The Hall–Kier alpha value is -3.80. The van der Waals surface area contributed by atoms with Gasteiger partial charge in [0.25, 0.3) is 5.91 Å². The largest absolute Gasteiger partial charge is 0.458 e. The first-order chi connectivity index (χ1) is 17.7. The van der Waals surface area contributed by atoms with Crippen molar-refractivity contribution < 1.29 is 33.3 Å². The summed E-state index contributed by atoms with van der Waals surface area (Å²) in [6, 6.07) is 10.1. The molecule has 2 heterocycles. The number of para-hydroxylation sites is 1. The Morgan fingerprint density at radius 2 is 1.89 bits per heavy atom. The lowest BCUT2D eigenvalue weighted by atomic mass is 10.0. The van der Waals surface area contributed by atoms with Crippen LogP contribution in [0.2, 0.25) is 5.02 Å². The minimum absolute atomic E-state index is 0.0203. The molecule has 194 valence electrons. The fraction of sp³-hybridized carbons (Fsp3) is 0.240. The lowest BCUT2D eigenvalue weighted by molar-refractivity contribution is -0.133. The van der Waals surface area contributed by atoms with E-state index in [1.807, 2.05) is 0 Å². The molecule has 0 radical (unpaired) electrons. The molecule has 1 aliphatic heterocycles. The predicted molar refractivity (Wildman–Crippen MR) is 130 cm³/mol. The number of ether oxygens (including phenoxy) is 1. The van der Waals surface area contributed by atoms with E-state index in [-0.39, 0.29) is 30.2 Å². The Morgan fingerprint density at radius 1 is 1.16 bits per heavy atom. The highest BCUT2D eigenvalue weighted by Gasteiger charge is 2.36. The van der Waals surface area contributed by atoms with Gasteiger partial charge in [-0.3, -0.25) is 14.3 Å². The highest BCUT2D eigenvalue weighted by atomic mass is 35.5. The third-order valence-corrected chi connectivity index (χ3v) is 5.92. The number of hydrogen-bond donors (Lipinski definition) is 3. The first-order valence-electron chi connectivity index (χ1n) is 11.2. The average Bonchev–Trinajstić information content (AvgIpc) is 3.45. The smallest absolute Gasteiger partial charge is 0.251 e. The van der Waals surface area contributed by atoms with Crippen molar-refractivity contribution in [1.82, 2.24) is 14.7 Å². The average molecular weight is 533 g/mol. The summed E-state index contributed by atoms with van der Waals surface area (Å²) in [7, 11) is 0. The number of rotatable bonds is 10. The van der Waals surface area contributed by atoms with Gasteiger partial charge in [-0.15, -0.1) is 0 Å². The number of halogens is 3. The van der Waals surface area contributed by atoms with Gasteiger partial charge in [0, 0.05) is 30.3 Å². The van der Waals surface area contributed by atoms with Gasteiger partial charge in [0.05, 0.1) is 30.8 Å². The number of carbonyl (C=O) groups is 2. The molecule has 2 amide bonds. The number of nitrogens with one attached hydrogen (secondary N) is 1. The molecule has 37 heavy (non-hydrogen) atoms. The summed E-state index contributed by atoms with van der Waals surface area (Å²) >= 11 is 6.13. The van der Waals surface area contributed by atoms with Gasteiger partial charge in [-0.05, 0) is 24.3 Å². The zero-order chi connectivity index (χ0) is 26.5. The Bertz CT molecular complexity index is 1310. The Morgan fingerprint density at radius 3 is 2.59 bits per heavy atom. The van der Waals surface area contributed by atoms with Crippen molar-refractivity contribution in [3.8, 4) is 5.75 Å². The van der Waals surface area contributed by atoms with Gasteiger partial charge in [-0.2, -0.15) is 5.10 Å². The first-order valence-corrected chi connectivity index (χ1v) is 11.6. The van der Waals surface area contributed by atoms with E-state index in [4.69, 9.17) is 21.4 Å². The molecule has 4 rings (SSSR count). The number of amides is 2. The summed E-state index contributed by atoms with van der Waals surface area (Å²) in [5, 5.41) is 25.5. The number of hydrogen-bond acceptors (Lipinski definition) is 6. The monoisotopic (exact) mass is 532 g/mol. The van der Waals surface area contributed by atoms with Crippen LogP contribution in [0.5, 0.6) is 5.75 Å². The van der Waals surface area contributed by atoms with E-state index in [2.05, 4.69) is 10.4 Å². The number of carbonyl (C=O) groups excluding carboxylic acids is 2. The van der Waals surface area contributed by atoms with Crippen molar-refractivity contribution in [3.63, 3.8) is 0 Å². The van der Waals surface area contributed by atoms with E-state index in [1.54, 1.807) is 24.3 Å². The van der Waals surface area contributed by atoms with Gasteiger partial charge in [0.15, 0.2) is 5.82 Å². The molecule has 2 atom stereocenters. The van der Waals surface area contributed by atoms with E-state index in [9.17, 15) is 23.5 Å². The van der Waals surface area contributed by atoms with Crippen LogP contribution in [0.1, 0.15) is 5.56 Å². The summed E-state index contributed by atoms with van der Waals surface area (Å²) in [5.41, 5.74) is -0.354. The maximum Gasteiger partial charge on any atom is 0.251 e. The molecule has 12 heteroatoms. The Labute approximate surface area is 215 Å². The van der Waals surface area contributed by atoms with Crippen LogP contribution in [-0.2, 0) is 22.6 Å².